The standard InChI is InChI=1S/C11H16FO4P/c1-3-15-17(14,16-4-2)11(13)9-6-5-7-10(12)8-9/h5-8,11,13H,3-4H2,1-2H3/t11-/m1/s1. The summed E-state index contributed by atoms with van der Waals surface area (Å²) in [5.41, 5.74) is 0.176. The van der Waals surface area contributed by atoms with Crippen LogP contribution in [0.25, 0.3) is 0 Å². The number of aliphatic hydroxyl groups excluding tert-OH is 1. The fraction of sp³-hybridized carbons (Fsp3) is 0.455. The lowest BCUT2D eigenvalue weighted by molar-refractivity contribution is 0.150. The first kappa shape index (κ1) is 14.3. The minimum Gasteiger partial charge on any atom is -0.376 e. The van der Waals surface area contributed by atoms with Gasteiger partial charge in [0.1, 0.15) is 5.82 Å². The lowest BCUT2D eigenvalue weighted by atomic mass is 10.2. The van der Waals surface area contributed by atoms with E-state index < -0.39 is 19.3 Å². The number of rotatable bonds is 6. The van der Waals surface area contributed by atoms with Crippen LogP contribution in [0.15, 0.2) is 24.3 Å². The molecule has 1 N–H and O–H groups in total. The minimum atomic E-state index is -3.66. The number of hydrogen-bond acceptors (Lipinski definition) is 4. The molecule has 6 heteroatoms. The molecule has 17 heavy (non-hydrogen) atoms. The lowest BCUT2D eigenvalue weighted by Crippen LogP contribution is -2.06. The number of halogens is 1. The van der Waals surface area contributed by atoms with Crippen LogP contribution in [0.5, 0.6) is 0 Å². The highest BCUT2D eigenvalue weighted by Crippen LogP contribution is 2.59. The van der Waals surface area contributed by atoms with E-state index in [1.807, 2.05) is 0 Å². The van der Waals surface area contributed by atoms with Crippen LogP contribution in [-0.2, 0) is 13.6 Å². The van der Waals surface area contributed by atoms with E-state index in [0.29, 0.717) is 0 Å². The molecule has 1 aromatic carbocycles. The molecule has 0 aliphatic heterocycles. The molecule has 0 aromatic heterocycles. The Kier molecular flexibility index (Phi) is 5.28. The Labute approximate surface area is 99.9 Å². The van der Waals surface area contributed by atoms with Gasteiger partial charge in [-0.25, -0.2) is 4.39 Å². The smallest absolute Gasteiger partial charge is 0.363 e. The zero-order chi connectivity index (χ0) is 12.9. The van der Waals surface area contributed by atoms with Crippen molar-refractivity contribution >= 4 is 7.60 Å². The molecule has 0 aliphatic carbocycles. The van der Waals surface area contributed by atoms with E-state index in [4.69, 9.17) is 9.05 Å². The largest absolute Gasteiger partial charge is 0.376 e. The SMILES string of the molecule is CCOP(=O)(OCC)[C@@H](O)c1cccc(F)c1. The Morgan fingerprint density at radius 2 is 1.94 bits per heavy atom. The van der Waals surface area contributed by atoms with Crippen molar-refractivity contribution in [1.82, 2.24) is 0 Å². The van der Waals surface area contributed by atoms with E-state index in [2.05, 4.69) is 0 Å². The zero-order valence-electron chi connectivity index (χ0n) is 9.80. The van der Waals surface area contributed by atoms with Gasteiger partial charge in [0, 0.05) is 0 Å². The van der Waals surface area contributed by atoms with Gasteiger partial charge in [-0.05, 0) is 31.5 Å². The predicted molar refractivity (Wildman–Crippen MR) is 62.2 cm³/mol. The van der Waals surface area contributed by atoms with Crippen LogP contribution in [0.1, 0.15) is 25.3 Å². The highest BCUT2D eigenvalue weighted by molar-refractivity contribution is 7.54. The highest BCUT2D eigenvalue weighted by atomic mass is 31.2. The molecule has 0 amide bonds. The minimum absolute atomic E-state index is 0.143. The first-order chi connectivity index (χ1) is 8.03. The van der Waals surface area contributed by atoms with Gasteiger partial charge in [-0.3, -0.25) is 4.57 Å². The van der Waals surface area contributed by atoms with Gasteiger partial charge < -0.3 is 14.2 Å². The molecule has 0 aliphatic rings. The fourth-order valence-electron chi connectivity index (χ4n) is 1.39. The highest BCUT2D eigenvalue weighted by Gasteiger charge is 2.35. The maximum atomic E-state index is 13.0. The first-order valence-corrected chi connectivity index (χ1v) is 6.97. The summed E-state index contributed by atoms with van der Waals surface area (Å²) in [6.45, 7) is 3.57. The summed E-state index contributed by atoms with van der Waals surface area (Å²) in [5.74, 6) is -1.99. The number of benzene rings is 1. The van der Waals surface area contributed by atoms with Crippen molar-refractivity contribution < 1.29 is 23.1 Å². The summed E-state index contributed by atoms with van der Waals surface area (Å²) in [6.07, 6.45) is 0. The zero-order valence-corrected chi connectivity index (χ0v) is 10.7. The van der Waals surface area contributed by atoms with Crippen molar-refractivity contribution in [2.24, 2.45) is 0 Å². The second-order valence-electron chi connectivity index (χ2n) is 3.30. The Morgan fingerprint density at radius 3 is 2.41 bits per heavy atom. The van der Waals surface area contributed by atoms with Gasteiger partial charge in [0.25, 0.3) is 0 Å². The summed E-state index contributed by atoms with van der Waals surface area (Å²) in [7, 11) is -3.66. The quantitative estimate of drug-likeness (QED) is 0.800. The third kappa shape index (κ3) is 3.61. The molecule has 0 bridgehead atoms. The van der Waals surface area contributed by atoms with E-state index in [-0.39, 0.29) is 18.8 Å². The van der Waals surface area contributed by atoms with Crippen LogP contribution in [-0.4, -0.2) is 18.3 Å². The van der Waals surface area contributed by atoms with Gasteiger partial charge >= 0.3 is 7.60 Å². The van der Waals surface area contributed by atoms with E-state index in [9.17, 15) is 14.1 Å². The summed E-state index contributed by atoms with van der Waals surface area (Å²) in [4.78, 5) is 0. The summed E-state index contributed by atoms with van der Waals surface area (Å²) < 4.78 is 35.2. The number of aliphatic hydroxyl groups is 1. The molecule has 1 rings (SSSR count). The van der Waals surface area contributed by atoms with Crippen LogP contribution < -0.4 is 0 Å². The predicted octanol–water partition coefficient (Wildman–Crippen LogP) is 3.08. The van der Waals surface area contributed by atoms with Gasteiger partial charge in [0.2, 0.25) is 0 Å². The van der Waals surface area contributed by atoms with Crippen molar-refractivity contribution in [3.05, 3.63) is 35.6 Å². The lowest BCUT2D eigenvalue weighted by Gasteiger charge is -2.22. The van der Waals surface area contributed by atoms with Crippen molar-refractivity contribution in [2.45, 2.75) is 19.7 Å². The summed E-state index contributed by atoms with van der Waals surface area (Å²) in [5, 5.41) is 9.95. The maximum Gasteiger partial charge on any atom is 0.363 e. The summed E-state index contributed by atoms with van der Waals surface area (Å²) >= 11 is 0. The van der Waals surface area contributed by atoms with Crippen molar-refractivity contribution in [1.29, 1.82) is 0 Å². The Morgan fingerprint density at radius 1 is 1.35 bits per heavy atom. The van der Waals surface area contributed by atoms with Crippen LogP contribution in [0, 0.1) is 5.82 Å². The molecule has 1 atom stereocenters. The molecule has 4 nitrogen and oxygen atoms in total. The molecular formula is C11H16FO4P. The molecular weight excluding hydrogens is 246 g/mol. The van der Waals surface area contributed by atoms with Crippen LogP contribution >= 0.6 is 7.60 Å². The van der Waals surface area contributed by atoms with E-state index in [0.717, 1.165) is 6.07 Å². The monoisotopic (exact) mass is 262 g/mol. The van der Waals surface area contributed by atoms with Crippen molar-refractivity contribution in [3.63, 3.8) is 0 Å². The van der Waals surface area contributed by atoms with Crippen LogP contribution in [0.2, 0.25) is 0 Å². The second kappa shape index (κ2) is 6.26. The topological polar surface area (TPSA) is 55.8 Å². The van der Waals surface area contributed by atoms with E-state index in [1.54, 1.807) is 13.8 Å². The van der Waals surface area contributed by atoms with Gasteiger partial charge in [0.05, 0.1) is 13.2 Å². The molecule has 0 radical (unpaired) electrons. The molecule has 0 fully saturated rings. The fourth-order valence-corrected chi connectivity index (χ4v) is 2.99. The molecule has 0 saturated heterocycles. The maximum absolute atomic E-state index is 13.0. The van der Waals surface area contributed by atoms with Gasteiger partial charge in [-0.2, -0.15) is 0 Å². The molecule has 0 heterocycles. The number of hydrogen-bond donors (Lipinski definition) is 1. The van der Waals surface area contributed by atoms with E-state index in [1.165, 1.54) is 18.2 Å². The molecule has 0 saturated carbocycles. The molecule has 0 unspecified atom stereocenters. The molecule has 96 valence electrons. The third-order valence-corrected chi connectivity index (χ3v) is 4.20. The average Bonchev–Trinajstić information content (AvgIpc) is 2.28. The summed E-state index contributed by atoms with van der Waals surface area (Å²) in [6, 6.07) is 5.24. The van der Waals surface area contributed by atoms with Gasteiger partial charge in [-0.15, -0.1) is 0 Å². The Bertz CT molecular complexity index is 400. The van der Waals surface area contributed by atoms with Gasteiger partial charge in [0.15, 0.2) is 5.85 Å². The van der Waals surface area contributed by atoms with Crippen molar-refractivity contribution in [3.8, 4) is 0 Å². The Hall–Kier alpha value is -0.740. The van der Waals surface area contributed by atoms with Crippen LogP contribution in [0.4, 0.5) is 4.39 Å². The van der Waals surface area contributed by atoms with E-state index >= 15 is 0 Å². The van der Waals surface area contributed by atoms with Gasteiger partial charge in [-0.1, -0.05) is 12.1 Å². The van der Waals surface area contributed by atoms with Crippen LogP contribution in [0.3, 0.4) is 0 Å². The Balaban J connectivity index is 2.99. The van der Waals surface area contributed by atoms with Crippen molar-refractivity contribution in [2.75, 3.05) is 13.2 Å². The first-order valence-electron chi connectivity index (χ1n) is 5.35. The molecule has 0 spiro atoms. The third-order valence-electron chi connectivity index (χ3n) is 2.06. The second-order valence-corrected chi connectivity index (χ2v) is 5.39. The normalized spacial score (nSPS) is 13.6. The average molecular weight is 262 g/mol. The molecule has 1 aromatic rings.